The maximum Gasteiger partial charge on any atom is 0.326 e. The van der Waals surface area contributed by atoms with Crippen LogP contribution in [-0.2, 0) is 16.0 Å². The maximum absolute atomic E-state index is 11.9. The van der Waals surface area contributed by atoms with Crippen molar-refractivity contribution in [3.8, 4) is 0 Å². The zero-order valence-corrected chi connectivity index (χ0v) is 12.8. The zero-order valence-electron chi connectivity index (χ0n) is 12.1. The fourth-order valence-corrected chi connectivity index (χ4v) is 2.27. The summed E-state index contributed by atoms with van der Waals surface area (Å²) in [7, 11) is 1.53. The second kappa shape index (κ2) is 8.47. The number of allylic oxidation sites excluding steroid dienone is 1. The van der Waals surface area contributed by atoms with Crippen molar-refractivity contribution in [1.29, 1.82) is 0 Å². The quantitative estimate of drug-likeness (QED) is 0.750. The van der Waals surface area contributed by atoms with E-state index in [0.29, 0.717) is 24.3 Å². The van der Waals surface area contributed by atoms with Crippen molar-refractivity contribution in [3.05, 3.63) is 47.5 Å². The number of aryl methyl sites for hydroxylation is 1. The van der Waals surface area contributed by atoms with E-state index in [2.05, 4.69) is 6.58 Å². The number of halogens is 1. The van der Waals surface area contributed by atoms with Crippen LogP contribution in [-0.4, -0.2) is 35.0 Å². The summed E-state index contributed by atoms with van der Waals surface area (Å²) in [6, 6.07) is 6.46. The lowest BCUT2D eigenvalue weighted by Crippen LogP contribution is -2.42. The summed E-state index contributed by atoms with van der Waals surface area (Å²) >= 11 is 5.90. The summed E-state index contributed by atoms with van der Waals surface area (Å²) in [5, 5.41) is 9.93. The molecule has 1 rings (SSSR count). The van der Waals surface area contributed by atoms with Gasteiger partial charge in [0.15, 0.2) is 0 Å². The molecule has 0 aliphatic heterocycles. The molecule has 4 nitrogen and oxygen atoms in total. The summed E-state index contributed by atoms with van der Waals surface area (Å²) in [4.78, 5) is 24.6. The topological polar surface area (TPSA) is 57.6 Å². The molecule has 0 heterocycles. The van der Waals surface area contributed by atoms with Crippen molar-refractivity contribution in [2.45, 2.75) is 31.7 Å². The zero-order chi connectivity index (χ0) is 15.8. The van der Waals surface area contributed by atoms with Crippen LogP contribution in [0.15, 0.2) is 36.9 Å². The largest absolute Gasteiger partial charge is 0.480 e. The van der Waals surface area contributed by atoms with Crippen LogP contribution < -0.4 is 0 Å². The van der Waals surface area contributed by atoms with Crippen LogP contribution in [0, 0.1) is 0 Å². The highest BCUT2D eigenvalue weighted by Gasteiger charge is 2.25. The first-order valence-electron chi connectivity index (χ1n) is 6.79. The summed E-state index contributed by atoms with van der Waals surface area (Å²) in [5.74, 6) is -1.18. The van der Waals surface area contributed by atoms with Gasteiger partial charge in [-0.1, -0.05) is 29.8 Å². The second-order valence-electron chi connectivity index (χ2n) is 4.85. The van der Waals surface area contributed by atoms with Gasteiger partial charge in [-0.2, -0.15) is 0 Å². The number of carbonyl (C=O) groups is 2. The minimum atomic E-state index is -0.994. The Bertz CT molecular complexity index is 516. The van der Waals surface area contributed by atoms with Crippen molar-refractivity contribution in [1.82, 2.24) is 4.90 Å². The molecule has 0 saturated carbocycles. The Hall–Kier alpha value is -1.81. The van der Waals surface area contributed by atoms with Crippen molar-refractivity contribution < 1.29 is 14.7 Å². The summed E-state index contributed by atoms with van der Waals surface area (Å²) < 4.78 is 0. The SMILES string of the molecule is C=CCCC(=O)N(C)C(CCc1cccc(Cl)c1)C(=O)O. The normalized spacial score (nSPS) is 11.7. The van der Waals surface area contributed by atoms with Gasteiger partial charge in [0.2, 0.25) is 5.91 Å². The molecule has 21 heavy (non-hydrogen) atoms. The average molecular weight is 310 g/mol. The van der Waals surface area contributed by atoms with Gasteiger partial charge in [0.1, 0.15) is 6.04 Å². The number of nitrogens with zero attached hydrogens (tertiary/aromatic N) is 1. The van der Waals surface area contributed by atoms with Gasteiger partial charge in [0.25, 0.3) is 0 Å². The summed E-state index contributed by atoms with van der Waals surface area (Å²) in [6.45, 7) is 3.56. The van der Waals surface area contributed by atoms with Crippen LogP contribution in [0.1, 0.15) is 24.8 Å². The number of rotatable bonds is 8. The molecule has 114 valence electrons. The van der Waals surface area contributed by atoms with E-state index in [0.717, 1.165) is 5.56 Å². The molecule has 5 heteroatoms. The molecule has 0 aliphatic carbocycles. The molecule has 1 N–H and O–H groups in total. The van der Waals surface area contributed by atoms with Crippen molar-refractivity contribution in [2.24, 2.45) is 0 Å². The maximum atomic E-state index is 11.9. The van der Waals surface area contributed by atoms with Crippen LogP contribution in [0.3, 0.4) is 0 Å². The molecule has 0 saturated heterocycles. The molecule has 1 aromatic rings. The molecule has 0 aliphatic rings. The smallest absolute Gasteiger partial charge is 0.326 e. The minimum Gasteiger partial charge on any atom is -0.480 e. The fraction of sp³-hybridized carbons (Fsp3) is 0.375. The first-order valence-corrected chi connectivity index (χ1v) is 7.17. The number of carbonyl (C=O) groups excluding carboxylic acids is 1. The van der Waals surface area contributed by atoms with Gasteiger partial charge >= 0.3 is 5.97 Å². The number of carboxylic acid groups (broad SMARTS) is 1. The lowest BCUT2D eigenvalue weighted by atomic mass is 10.0. The van der Waals surface area contributed by atoms with Gasteiger partial charge in [0, 0.05) is 18.5 Å². The highest BCUT2D eigenvalue weighted by Crippen LogP contribution is 2.15. The molecule has 1 atom stereocenters. The predicted molar refractivity (Wildman–Crippen MR) is 83.4 cm³/mol. The van der Waals surface area contributed by atoms with E-state index in [4.69, 9.17) is 11.6 Å². The number of likely N-dealkylation sites (N-methyl/N-ethyl adjacent to an activating group) is 1. The number of benzene rings is 1. The van der Waals surface area contributed by atoms with Crippen molar-refractivity contribution in [2.75, 3.05) is 7.05 Å². The average Bonchev–Trinajstić information content (AvgIpc) is 2.44. The van der Waals surface area contributed by atoms with E-state index in [9.17, 15) is 14.7 Å². The summed E-state index contributed by atoms with van der Waals surface area (Å²) in [6.07, 6.45) is 3.38. The third-order valence-electron chi connectivity index (χ3n) is 3.30. The van der Waals surface area contributed by atoms with Gasteiger partial charge < -0.3 is 10.0 Å². The Labute approximate surface area is 130 Å². The predicted octanol–water partition coefficient (Wildman–Crippen LogP) is 3.15. The lowest BCUT2D eigenvalue weighted by molar-refractivity contribution is -0.149. The lowest BCUT2D eigenvalue weighted by Gasteiger charge is -2.25. The van der Waals surface area contributed by atoms with E-state index in [1.165, 1.54) is 11.9 Å². The standard InChI is InChI=1S/C16H20ClNO3/c1-3-4-8-15(19)18(2)14(16(20)21)10-9-12-6-5-7-13(17)11-12/h3,5-7,11,14H,1,4,8-10H2,2H3,(H,20,21). The molecular formula is C16H20ClNO3. The molecule has 0 aromatic heterocycles. The van der Waals surface area contributed by atoms with Crippen molar-refractivity contribution in [3.63, 3.8) is 0 Å². The Balaban J connectivity index is 2.67. The molecular weight excluding hydrogens is 290 g/mol. The molecule has 0 spiro atoms. The van der Waals surface area contributed by atoms with Gasteiger partial charge in [-0.3, -0.25) is 4.79 Å². The number of aliphatic carboxylic acids is 1. The molecule has 1 unspecified atom stereocenters. The van der Waals surface area contributed by atoms with Crippen LogP contribution in [0.25, 0.3) is 0 Å². The molecule has 1 aromatic carbocycles. The highest BCUT2D eigenvalue weighted by atomic mass is 35.5. The number of carboxylic acids is 1. The van der Waals surface area contributed by atoms with E-state index < -0.39 is 12.0 Å². The van der Waals surface area contributed by atoms with Gasteiger partial charge in [0.05, 0.1) is 0 Å². The molecule has 0 bridgehead atoms. The summed E-state index contributed by atoms with van der Waals surface area (Å²) in [5.41, 5.74) is 0.959. The van der Waals surface area contributed by atoms with E-state index in [1.54, 1.807) is 18.2 Å². The Morgan fingerprint density at radius 1 is 1.48 bits per heavy atom. The highest BCUT2D eigenvalue weighted by molar-refractivity contribution is 6.30. The van der Waals surface area contributed by atoms with Gasteiger partial charge in [-0.15, -0.1) is 6.58 Å². The van der Waals surface area contributed by atoms with E-state index in [1.807, 2.05) is 12.1 Å². The third kappa shape index (κ3) is 5.60. The Kier molecular flexibility index (Phi) is 6.96. The first kappa shape index (κ1) is 17.2. The second-order valence-corrected chi connectivity index (χ2v) is 5.29. The molecule has 0 radical (unpaired) electrons. The number of hydrogen-bond acceptors (Lipinski definition) is 2. The van der Waals surface area contributed by atoms with Crippen LogP contribution in [0.2, 0.25) is 5.02 Å². The van der Waals surface area contributed by atoms with Crippen LogP contribution in [0.4, 0.5) is 0 Å². The van der Waals surface area contributed by atoms with Crippen LogP contribution in [0.5, 0.6) is 0 Å². The molecule has 0 fully saturated rings. The van der Waals surface area contributed by atoms with Crippen molar-refractivity contribution >= 4 is 23.5 Å². The minimum absolute atomic E-state index is 0.187. The van der Waals surface area contributed by atoms with Gasteiger partial charge in [-0.25, -0.2) is 4.79 Å². The van der Waals surface area contributed by atoms with Crippen LogP contribution >= 0.6 is 11.6 Å². The third-order valence-corrected chi connectivity index (χ3v) is 3.54. The fourth-order valence-electron chi connectivity index (χ4n) is 2.05. The van der Waals surface area contributed by atoms with Gasteiger partial charge in [-0.05, 0) is 37.0 Å². The number of hydrogen-bond donors (Lipinski definition) is 1. The number of amides is 1. The molecule has 1 amide bonds. The Morgan fingerprint density at radius 3 is 2.76 bits per heavy atom. The van der Waals surface area contributed by atoms with E-state index >= 15 is 0 Å². The Morgan fingerprint density at radius 2 is 2.19 bits per heavy atom. The monoisotopic (exact) mass is 309 g/mol. The first-order chi connectivity index (χ1) is 9.95. The van der Waals surface area contributed by atoms with E-state index in [-0.39, 0.29) is 12.3 Å².